The van der Waals surface area contributed by atoms with Gasteiger partial charge in [-0.25, -0.2) is 0 Å². The number of nitrogens with one attached hydrogen (secondary N) is 2. The van der Waals surface area contributed by atoms with Crippen LogP contribution in [-0.4, -0.2) is 31.4 Å². The van der Waals surface area contributed by atoms with E-state index in [0.29, 0.717) is 16.3 Å². The van der Waals surface area contributed by atoms with Crippen LogP contribution >= 0.6 is 11.6 Å². The van der Waals surface area contributed by atoms with E-state index in [1.807, 2.05) is 30.3 Å². The molecular formula is C22H26ClN3O2. The van der Waals surface area contributed by atoms with Crippen LogP contribution in [0.2, 0.25) is 5.02 Å². The molecule has 0 spiro atoms. The van der Waals surface area contributed by atoms with Crippen LogP contribution in [0, 0.1) is 0 Å². The maximum Gasteiger partial charge on any atom is 0.253 e. The molecule has 1 aliphatic rings. The number of likely N-dealkylation sites (N-methyl/N-ethyl adjacent to an activating group) is 1. The Hall–Kier alpha value is -2.53. The molecule has 0 heterocycles. The van der Waals surface area contributed by atoms with Crippen LogP contribution in [0.25, 0.3) is 0 Å². The zero-order chi connectivity index (χ0) is 19.9. The lowest BCUT2D eigenvalue weighted by Crippen LogP contribution is -2.36. The van der Waals surface area contributed by atoms with Gasteiger partial charge >= 0.3 is 0 Å². The highest BCUT2D eigenvalue weighted by Crippen LogP contribution is 2.23. The molecule has 0 aromatic heterocycles. The van der Waals surface area contributed by atoms with E-state index in [4.69, 9.17) is 11.6 Å². The first-order valence-corrected chi connectivity index (χ1v) is 10.1. The number of amides is 2. The summed E-state index contributed by atoms with van der Waals surface area (Å²) in [5.41, 5.74) is 1.95. The highest BCUT2D eigenvalue weighted by Gasteiger charge is 2.19. The molecular weight excluding hydrogens is 374 g/mol. The number of carbonyl (C=O) groups excluding carboxylic acids is 2. The van der Waals surface area contributed by atoms with E-state index >= 15 is 0 Å². The summed E-state index contributed by atoms with van der Waals surface area (Å²) in [5.74, 6) is -0.234. The first kappa shape index (κ1) is 20.2. The Labute approximate surface area is 171 Å². The van der Waals surface area contributed by atoms with Crippen molar-refractivity contribution >= 4 is 34.8 Å². The van der Waals surface area contributed by atoms with Crippen molar-refractivity contribution in [3.05, 3.63) is 59.1 Å². The summed E-state index contributed by atoms with van der Waals surface area (Å²) in [5, 5.41) is 6.58. The molecule has 1 saturated carbocycles. The maximum absolute atomic E-state index is 12.6. The lowest BCUT2D eigenvalue weighted by atomic mass is 9.95. The van der Waals surface area contributed by atoms with Crippen LogP contribution in [0.15, 0.2) is 48.5 Å². The normalized spacial score (nSPS) is 14.4. The predicted octanol–water partition coefficient (Wildman–Crippen LogP) is 4.48. The molecule has 2 aromatic rings. The summed E-state index contributed by atoms with van der Waals surface area (Å²) >= 11 is 6.24. The second-order valence-electron chi connectivity index (χ2n) is 7.14. The highest BCUT2D eigenvalue weighted by molar-refractivity contribution is 6.34. The minimum absolute atomic E-state index is 0.0747. The molecule has 2 aromatic carbocycles. The molecule has 6 heteroatoms. The monoisotopic (exact) mass is 399 g/mol. The molecule has 2 amide bonds. The summed E-state index contributed by atoms with van der Waals surface area (Å²) in [6.45, 7) is 0.122. The first-order valence-electron chi connectivity index (χ1n) is 9.70. The van der Waals surface area contributed by atoms with E-state index in [9.17, 15) is 9.59 Å². The SMILES string of the molecule is CN(C(=O)CNc1ccc(Cl)c(C(=O)NC2CCCCC2)c1)c1ccccc1. The molecule has 0 unspecified atom stereocenters. The van der Waals surface area contributed by atoms with Gasteiger partial charge in [0.2, 0.25) is 5.91 Å². The Bertz CT molecular complexity index is 820. The quantitative estimate of drug-likeness (QED) is 0.752. The number of hydrogen-bond acceptors (Lipinski definition) is 3. The lowest BCUT2D eigenvalue weighted by Gasteiger charge is -2.23. The van der Waals surface area contributed by atoms with Gasteiger partial charge < -0.3 is 15.5 Å². The van der Waals surface area contributed by atoms with Crippen LogP contribution < -0.4 is 15.5 Å². The first-order chi connectivity index (χ1) is 13.5. The molecule has 1 aliphatic carbocycles. The highest BCUT2D eigenvalue weighted by atomic mass is 35.5. The van der Waals surface area contributed by atoms with E-state index in [1.165, 1.54) is 6.42 Å². The number of nitrogens with zero attached hydrogens (tertiary/aromatic N) is 1. The molecule has 28 heavy (non-hydrogen) atoms. The van der Waals surface area contributed by atoms with Gasteiger partial charge in [-0.15, -0.1) is 0 Å². The minimum atomic E-state index is -0.159. The van der Waals surface area contributed by atoms with Crippen molar-refractivity contribution in [3.63, 3.8) is 0 Å². The third kappa shape index (κ3) is 5.26. The van der Waals surface area contributed by atoms with Crippen molar-refractivity contribution in [1.82, 2.24) is 5.32 Å². The van der Waals surface area contributed by atoms with Crippen LogP contribution in [0.5, 0.6) is 0 Å². The average Bonchev–Trinajstić information content (AvgIpc) is 2.73. The predicted molar refractivity (Wildman–Crippen MR) is 114 cm³/mol. The lowest BCUT2D eigenvalue weighted by molar-refractivity contribution is -0.116. The van der Waals surface area contributed by atoms with Crippen molar-refractivity contribution in [2.45, 2.75) is 38.1 Å². The fourth-order valence-electron chi connectivity index (χ4n) is 3.41. The van der Waals surface area contributed by atoms with Crippen LogP contribution in [0.1, 0.15) is 42.5 Å². The average molecular weight is 400 g/mol. The molecule has 0 atom stereocenters. The van der Waals surface area contributed by atoms with Gasteiger partial charge in [-0.2, -0.15) is 0 Å². The summed E-state index contributed by atoms with van der Waals surface area (Å²) in [6, 6.07) is 14.8. The maximum atomic E-state index is 12.6. The molecule has 1 fully saturated rings. The van der Waals surface area contributed by atoms with Gasteiger partial charge in [0.1, 0.15) is 0 Å². The number of rotatable bonds is 6. The molecule has 148 valence electrons. The Kier molecular flexibility index (Phi) is 6.93. The smallest absolute Gasteiger partial charge is 0.253 e. The van der Waals surface area contributed by atoms with E-state index in [0.717, 1.165) is 31.4 Å². The number of carbonyl (C=O) groups is 2. The van der Waals surface area contributed by atoms with E-state index in [1.54, 1.807) is 30.1 Å². The van der Waals surface area contributed by atoms with Gasteiger partial charge in [0.05, 0.1) is 17.1 Å². The number of hydrogen-bond donors (Lipinski definition) is 2. The fourth-order valence-corrected chi connectivity index (χ4v) is 3.61. The number of benzene rings is 2. The second-order valence-corrected chi connectivity index (χ2v) is 7.55. The van der Waals surface area contributed by atoms with Crippen molar-refractivity contribution < 1.29 is 9.59 Å². The third-order valence-corrected chi connectivity index (χ3v) is 5.44. The summed E-state index contributed by atoms with van der Waals surface area (Å²) in [4.78, 5) is 26.6. The van der Waals surface area contributed by atoms with E-state index < -0.39 is 0 Å². The topological polar surface area (TPSA) is 61.4 Å². The molecule has 0 saturated heterocycles. The Morgan fingerprint density at radius 2 is 1.79 bits per heavy atom. The Balaban J connectivity index is 1.61. The second kappa shape index (κ2) is 9.60. The molecule has 0 aliphatic heterocycles. The van der Waals surface area contributed by atoms with Crippen molar-refractivity contribution in [1.29, 1.82) is 0 Å². The van der Waals surface area contributed by atoms with Gasteiger partial charge in [0.15, 0.2) is 0 Å². The van der Waals surface area contributed by atoms with Gasteiger partial charge in [0.25, 0.3) is 5.91 Å². The van der Waals surface area contributed by atoms with Gasteiger partial charge in [-0.05, 0) is 43.2 Å². The van der Waals surface area contributed by atoms with Gasteiger partial charge in [-0.1, -0.05) is 49.1 Å². The van der Waals surface area contributed by atoms with E-state index in [-0.39, 0.29) is 24.4 Å². The zero-order valence-electron chi connectivity index (χ0n) is 16.1. The molecule has 0 radical (unpaired) electrons. The minimum Gasteiger partial charge on any atom is -0.376 e. The number of anilines is 2. The Morgan fingerprint density at radius 3 is 2.50 bits per heavy atom. The fraction of sp³-hybridized carbons (Fsp3) is 0.364. The summed E-state index contributed by atoms with van der Waals surface area (Å²) in [6.07, 6.45) is 5.57. The van der Waals surface area contributed by atoms with Crippen molar-refractivity contribution in [3.8, 4) is 0 Å². The zero-order valence-corrected chi connectivity index (χ0v) is 16.8. The van der Waals surface area contributed by atoms with Crippen molar-refractivity contribution in [2.75, 3.05) is 23.8 Å². The van der Waals surface area contributed by atoms with Crippen molar-refractivity contribution in [2.24, 2.45) is 0 Å². The van der Waals surface area contributed by atoms with Crippen LogP contribution in [-0.2, 0) is 4.79 Å². The van der Waals surface area contributed by atoms with Crippen LogP contribution in [0.4, 0.5) is 11.4 Å². The molecule has 5 nitrogen and oxygen atoms in total. The molecule has 0 bridgehead atoms. The third-order valence-electron chi connectivity index (χ3n) is 5.11. The van der Waals surface area contributed by atoms with Gasteiger partial charge in [0, 0.05) is 24.5 Å². The van der Waals surface area contributed by atoms with Crippen LogP contribution in [0.3, 0.4) is 0 Å². The molecule has 2 N–H and O–H groups in total. The molecule has 3 rings (SSSR count). The summed E-state index contributed by atoms with van der Waals surface area (Å²) < 4.78 is 0. The summed E-state index contributed by atoms with van der Waals surface area (Å²) in [7, 11) is 1.74. The largest absolute Gasteiger partial charge is 0.376 e. The Morgan fingerprint density at radius 1 is 1.07 bits per heavy atom. The number of halogens is 1. The number of para-hydroxylation sites is 1. The standard InChI is InChI=1S/C22H26ClN3O2/c1-26(18-10-6-3-7-11-18)21(27)15-24-17-12-13-20(23)19(14-17)22(28)25-16-8-4-2-5-9-16/h3,6-7,10-14,16,24H,2,4-5,8-9,15H2,1H3,(H,25,28). The van der Waals surface area contributed by atoms with Gasteiger partial charge in [-0.3, -0.25) is 9.59 Å². The van der Waals surface area contributed by atoms with E-state index in [2.05, 4.69) is 10.6 Å².